The molecule has 5 nitrogen and oxygen atoms in total. The Morgan fingerprint density at radius 2 is 1.73 bits per heavy atom. The van der Waals surface area contributed by atoms with Crippen molar-refractivity contribution in [2.24, 2.45) is 0 Å². The summed E-state index contributed by atoms with van der Waals surface area (Å²) in [6.45, 7) is 7.56. The van der Waals surface area contributed by atoms with Gasteiger partial charge in [0.25, 0.3) is 5.56 Å². The number of nitrogens with one attached hydrogen (secondary N) is 2. The first-order valence-electron chi connectivity index (χ1n) is 9.99. The van der Waals surface area contributed by atoms with E-state index in [0.717, 1.165) is 16.8 Å². The third-order valence-corrected chi connectivity index (χ3v) is 5.29. The van der Waals surface area contributed by atoms with Crippen molar-refractivity contribution >= 4 is 22.6 Å². The summed E-state index contributed by atoms with van der Waals surface area (Å²) in [5, 5.41) is 9.83. The lowest BCUT2D eigenvalue weighted by Crippen LogP contribution is -2.21. The van der Waals surface area contributed by atoms with Crippen LogP contribution in [0, 0.1) is 0 Å². The molecule has 2 N–H and O–H groups in total. The van der Waals surface area contributed by atoms with Gasteiger partial charge in [0.05, 0.1) is 11.4 Å². The van der Waals surface area contributed by atoms with E-state index in [-0.39, 0.29) is 11.0 Å². The second-order valence-electron chi connectivity index (χ2n) is 8.46. The van der Waals surface area contributed by atoms with Gasteiger partial charge in [-0.05, 0) is 35.9 Å². The molecule has 0 aliphatic carbocycles. The lowest BCUT2D eigenvalue weighted by Gasteiger charge is -2.15. The number of pyridine rings is 1. The molecule has 0 atom stereocenters. The molecule has 4 aromatic rings. The van der Waals surface area contributed by atoms with E-state index < -0.39 is 0 Å². The Kier molecular flexibility index (Phi) is 5.50. The van der Waals surface area contributed by atoms with Gasteiger partial charge in [0.1, 0.15) is 5.65 Å². The van der Waals surface area contributed by atoms with Crippen LogP contribution >= 0.6 is 11.6 Å². The molecular formula is C24H25ClN4O. The zero-order chi connectivity index (χ0) is 21.3. The highest BCUT2D eigenvalue weighted by Gasteiger charge is 2.24. The summed E-state index contributed by atoms with van der Waals surface area (Å²) >= 11 is 6.04. The fourth-order valence-corrected chi connectivity index (χ4v) is 3.63. The van der Waals surface area contributed by atoms with Crippen LogP contribution in [-0.2, 0) is 18.5 Å². The van der Waals surface area contributed by atoms with E-state index in [1.807, 2.05) is 48.5 Å². The quantitative estimate of drug-likeness (QED) is 0.480. The predicted molar refractivity (Wildman–Crippen MR) is 122 cm³/mol. The van der Waals surface area contributed by atoms with Gasteiger partial charge in [0.2, 0.25) is 0 Å². The van der Waals surface area contributed by atoms with Gasteiger partial charge >= 0.3 is 0 Å². The number of hydrogen-bond donors (Lipinski definition) is 2. The summed E-state index contributed by atoms with van der Waals surface area (Å²) in [5.41, 5.74) is 4.07. The molecule has 2 aromatic heterocycles. The van der Waals surface area contributed by atoms with Crippen LogP contribution in [0.3, 0.4) is 0 Å². The van der Waals surface area contributed by atoms with E-state index in [0.29, 0.717) is 29.3 Å². The number of aromatic amines is 1. The van der Waals surface area contributed by atoms with Gasteiger partial charge in [-0.25, -0.2) is 4.68 Å². The van der Waals surface area contributed by atoms with Crippen LogP contribution in [-0.4, -0.2) is 14.8 Å². The molecule has 2 heterocycles. The van der Waals surface area contributed by atoms with Gasteiger partial charge in [-0.2, -0.15) is 5.10 Å². The summed E-state index contributed by atoms with van der Waals surface area (Å²) < 4.78 is 1.79. The van der Waals surface area contributed by atoms with Crippen molar-refractivity contribution in [2.75, 3.05) is 0 Å². The largest absolute Gasteiger partial charge is 0.308 e. The summed E-state index contributed by atoms with van der Waals surface area (Å²) in [5.74, 6) is 0. The van der Waals surface area contributed by atoms with Crippen molar-refractivity contribution in [3.8, 4) is 5.69 Å². The number of nitrogens with zero attached hydrogens (tertiary/aromatic N) is 2. The van der Waals surface area contributed by atoms with Crippen molar-refractivity contribution in [1.82, 2.24) is 20.1 Å². The fraction of sp³-hybridized carbons (Fsp3) is 0.250. The van der Waals surface area contributed by atoms with E-state index in [1.54, 1.807) is 4.68 Å². The van der Waals surface area contributed by atoms with Crippen LogP contribution in [0.4, 0.5) is 0 Å². The SMILES string of the molecule is CC(C)(C)c1nn(-c2ccc(Cl)cc2)c2[nH]c(=O)c(CNCc3ccccc3)cc12. The molecule has 4 rings (SSSR count). The monoisotopic (exact) mass is 420 g/mol. The Labute approximate surface area is 180 Å². The van der Waals surface area contributed by atoms with Gasteiger partial charge in [-0.1, -0.05) is 62.7 Å². The van der Waals surface area contributed by atoms with E-state index >= 15 is 0 Å². The average molecular weight is 421 g/mol. The molecule has 0 unspecified atom stereocenters. The highest BCUT2D eigenvalue weighted by molar-refractivity contribution is 6.30. The Bertz CT molecular complexity index is 1220. The molecule has 0 saturated carbocycles. The molecule has 0 bridgehead atoms. The fourth-order valence-electron chi connectivity index (χ4n) is 3.51. The molecule has 0 amide bonds. The lowest BCUT2D eigenvalue weighted by molar-refractivity contribution is 0.565. The zero-order valence-electron chi connectivity index (χ0n) is 17.4. The zero-order valence-corrected chi connectivity index (χ0v) is 18.1. The van der Waals surface area contributed by atoms with Gasteiger partial charge in [0, 0.05) is 34.5 Å². The Hall–Kier alpha value is -2.89. The Morgan fingerprint density at radius 1 is 1.03 bits per heavy atom. The molecule has 154 valence electrons. The third-order valence-electron chi connectivity index (χ3n) is 5.03. The molecule has 0 radical (unpaired) electrons. The maximum Gasteiger partial charge on any atom is 0.254 e. The average Bonchev–Trinajstić information content (AvgIpc) is 3.08. The minimum atomic E-state index is -0.178. The van der Waals surface area contributed by atoms with Crippen molar-refractivity contribution in [2.45, 2.75) is 39.3 Å². The smallest absolute Gasteiger partial charge is 0.254 e. The van der Waals surface area contributed by atoms with Crippen LogP contribution in [0.5, 0.6) is 0 Å². The van der Waals surface area contributed by atoms with Crippen LogP contribution in [0.15, 0.2) is 65.5 Å². The summed E-state index contributed by atoms with van der Waals surface area (Å²) in [6, 6.07) is 19.5. The van der Waals surface area contributed by atoms with E-state index in [4.69, 9.17) is 16.7 Å². The molecule has 0 aliphatic heterocycles. The Morgan fingerprint density at radius 3 is 2.40 bits per heavy atom. The van der Waals surface area contributed by atoms with Gasteiger partial charge in [0.15, 0.2) is 0 Å². The minimum Gasteiger partial charge on any atom is -0.308 e. The normalized spacial score (nSPS) is 11.9. The van der Waals surface area contributed by atoms with Crippen molar-refractivity contribution in [3.63, 3.8) is 0 Å². The van der Waals surface area contributed by atoms with E-state index in [1.165, 1.54) is 5.56 Å². The maximum atomic E-state index is 12.8. The molecular weight excluding hydrogens is 396 g/mol. The summed E-state index contributed by atoms with van der Waals surface area (Å²) in [6.07, 6.45) is 0. The van der Waals surface area contributed by atoms with Gasteiger partial charge in [-0.3, -0.25) is 4.79 Å². The molecule has 30 heavy (non-hydrogen) atoms. The predicted octanol–water partition coefficient (Wildman–Crippen LogP) is 4.95. The van der Waals surface area contributed by atoms with Gasteiger partial charge in [-0.15, -0.1) is 0 Å². The highest BCUT2D eigenvalue weighted by Crippen LogP contribution is 2.30. The van der Waals surface area contributed by atoms with Crippen LogP contribution in [0.1, 0.15) is 37.6 Å². The van der Waals surface area contributed by atoms with Crippen molar-refractivity contribution < 1.29 is 0 Å². The standard InChI is InChI=1S/C24H25ClN4O/c1-24(2,3)21-20-13-17(15-26-14-16-7-5-4-6-8-16)23(30)27-22(20)29(28-21)19-11-9-18(25)10-12-19/h4-13,26H,14-15H2,1-3H3,(H,27,30). The number of halogens is 1. The second kappa shape index (κ2) is 8.09. The first kappa shape index (κ1) is 20.4. The number of fused-ring (bicyclic) bond motifs is 1. The highest BCUT2D eigenvalue weighted by atomic mass is 35.5. The molecule has 0 fully saturated rings. The lowest BCUT2D eigenvalue weighted by atomic mass is 9.90. The Balaban J connectivity index is 1.73. The first-order valence-corrected chi connectivity index (χ1v) is 10.4. The summed E-state index contributed by atoms with van der Waals surface area (Å²) in [7, 11) is 0. The van der Waals surface area contributed by atoms with Crippen molar-refractivity contribution in [3.05, 3.63) is 92.9 Å². The molecule has 0 spiro atoms. The van der Waals surface area contributed by atoms with Crippen LogP contribution in [0.25, 0.3) is 16.7 Å². The topological polar surface area (TPSA) is 62.7 Å². The number of H-pyrrole nitrogens is 1. The number of hydrogen-bond acceptors (Lipinski definition) is 3. The molecule has 0 aliphatic rings. The number of benzene rings is 2. The molecule has 0 saturated heterocycles. The summed E-state index contributed by atoms with van der Waals surface area (Å²) in [4.78, 5) is 15.9. The second-order valence-corrected chi connectivity index (χ2v) is 8.90. The van der Waals surface area contributed by atoms with E-state index in [2.05, 4.69) is 43.2 Å². The number of aromatic nitrogens is 3. The molecule has 2 aromatic carbocycles. The number of rotatable bonds is 5. The van der Waals surface area contributed by atoms with E-state index in [9.17, 15) is 4.79 Å². The molecule has 6 heteroatoms. The van der Waals surface area contributed by atoms with Crippen molar-refractivity contribution in [1.29, 1.82) is 0 Å². The van der Waals surface area contributed by atoms with Crippen LogP contribution in [0.2, 0.25) is 5.02 Å². The third kappa shape index (κ3) is 4.18. The van der Waals surface area contributed by atoms with Crippen LogP contribution < -0.4 is 10.9 Å². The maximum absolute atomic E-state index is 12.8. The first-order chi connectivity index (χ1) is 14.3. The minimum absolute atomic E-state index is 0.112. The van der Waals surface area contributed by atoms with Gasteiger partial charge < -0.3 is 10.3 Å².